The predicted molar refractivity (Wildman–Crippen MR) is 98.2 cm³/mol. The molecule has 0 saturated heterocycles. The SMILES string of the molecule is CC=C(CCCCCCCCCCCC)c1ccccc1O. The summed E-state index contributed by atoms with van der Waals surface area (Å²) in [7, 11) is 0. The van der Waals surface area contributed by atoms with Crippen LogP contribution in [0, 0.1) is 0 Å². The first kappa shape index (κ1) is 18.8. The Hall–Kier alpha value is -1.24. The number of allylic oxidation sites excluding steroid dienone is 2. The fourth-order valence-electron chi connectivity index (χ4n) is 2.98. The van der Waals surface area contributed by atoms with Crippen molar-refractivity contribution in [2.24, 2.45) is 0 Å². The van der Waals surface area contributed by atoms with E-state index in [1.165, 1.54) is 69.8 Å². The second-order valence-corrected chi connectivity index (χ2v) is 6.26. The second-order valence-electron chi connectivity index (χ2n) is 6.26. The summed E-state index contributed by atoms with van der Waals surface area (Å²) in [6.07, 6.45) is 16.9. The van der Waals surface area contributed by atoms with E-state index in [-0.39, 0.29) is 0 Å². The third-order valence-corrected chi connectivity index (χ3v) is 4.40. The van der Waals surface area contributed by atoms with Crippen molar-refractivity contribution >= 4 is 5.57 Å². The molecule has 1 nitrogen and oxygen atoms in total. The topological polar surface area (TPSA) is 20.2 Å². The van der Waals surface area contributed by atoms with E-state index >= 15 is 0 Å². The minimum atomic E-state index is 0.405. The lowest BCUT2D eigenvalue weighted by atomic mass is 9.98. The molecule has 0 amide bonds. The highest BCUT2D eigenvalue weighted by Gasteiger charge is 2.05. The Labute approximate surface area is 137 Å². The number of unbranched alkanes of at least 4 members (excludes halogenated alkanes) is 9. The number of benzene rings is 1. The number of hydrogen-bond acceptors (Lipinski definition) is 1. The molecule has 0 fully saturated rings. The Bertz CT molecular complexity index is 420. The van der Waals surface area contributed by atoms with Crippen LogP contribution in [0.5, 0.6) is 5.75 Å². The summed E-state index contributed by atoms with van der Waals surface area (Å²) >= 11 is 0. The third kappa shape index (κ3) is 7.68. The fraction of sp³-hybridized carbons (Fsp3) is 0.619. The first-order valence-electron chi connectivity index (χ1n) is 9.23. The van der Waals surface area contributed by atoms with Crippen molar-refractivity contribution in [1.82, 2.24) is 0 Å². The lowest BCUT2D eigenvalue weighted by Crippen LogP contribution is -1.87. The van der Waals surface area contributed by atoms with Crippen LogP contribution in [0.2, 0.25) is 0 Å². The van der Waals surface area contributed by atoms with Crippen molar-refractivity contribution in [2.45, 2.75) is 84.5 Å². The number of aromatic hydroxyl groups is 1. The van der Waals surface area contributed by atoms with E-state index in [2.05, 4.69) is 19.9 Å². The molecule has 0 spiro atoms. The molecule has 124 valence electrons. The number of para-hydroxylation sites is 1. The molecule has 0 saturated carbocycles. The molecule has 0 aliphatic rings. The molecule has 0 aromatic heterocycles. The van der Waals surface area contributed by atoms with Gasteiger partial charge in [-0.2, -0.15) is 0 Å². The predicted octanol–water partition coefficient (Wildman–Crippen LogP) is 7.11. The van der Waals surface area contributed by atoms with Gasteiger partial charge in [0.2, 0.25) is 0 Å². The van der Waals surface area contributed by atoms with Crippen LogP contribution >= 0.6 is 0 Å². The largest absolute Gasteiger partial charge is 0.507 e. The highest BCUT2D eigenvalue weighted by Crippen LogP contribution is 2.28. The number of phenols is 1. The molecular formula is C21H34O. The van der Waals surface area contributed by atoms with Crippen LogP contribution in [0.4, 0.5) is 0 Å². The van der Waals surface area contributed by atoms with Crippen LogP contribution < -0.4 is 0 Å². The van der Waals surface area contributed by atoms with E-state index in [0.717, 1.165) is 12.0 Å². The van der Waals surface area contributed by atoms with Crippen molar-refractivity contribution in [1.29, 1.82) is 0 Å². The second kappa shape index (κ2) is 12.3. The quantitative estimate of drug-likeness (QED) is 0.408. The fourth-order valence-corrected chi connectivity index (χ4v) is 2.98. The lowest BCUT2D eigenvalue weighted by molar-refractivity contribution is 0.473. The van der Waals surface area contributed by atoms with Gasteiger partial charge in [-0.15, -0.1) is 0 Å². The molecule has 0 bridgehead atoms. The summed E-state index contributed by atoms with van der Waals surface area (Å²) in [5.74, 6) is 0.405. The summed E-state index contributed by atoms with van der Waals surface area (Å²) in [5.41, 5.74) is 2.28. The highest BCUT2D eigenvalue weighted by molar-refractivity contribution is 5.69. The van der Waals surface area contributed by atoms with Crippen LogP contribution in [-0.4, -0.2) is 5.11 Å². The lowest BCUT2D eigenvalue weighted by Gasteiger charge is -2.09. The Morgan fingerprint density at radius 3 is 1.95 bits per heavy atom. The zero-order chi connectivity index (χ0) is 16.0. The molecule has 22 heavy (non-hydrogen) atoms. The van der Waals surface area contributed by atoms with Gasteiger partial charge in [0.1, 0.15) is 5.75 Å². The van der Waals surface area contributed by atoms with Gasteiger partial charge in [-0.25, -0.2) is 0 Å². The summed E-state index contributed by atoms with van der Waals surface area (Å²) in [5, 5.41) is 9.93. The molecular weight excluding hydrogens is 268 g/mol. The monoisotopic (exact) mass is 302 g/mol. The van der Waals surface area contributed by atoms with Gasteiger partial charge in [0.15, 0.2) is 0 Å². The first-order valence-corrected chi connectivity index (χ1v) is 9.23. The van der Waals surface area contributed by atoms with Crippen LogP contribution in [0.25, 0.3) is 5.57 Å². The molecule has 0 radical (unpaired) electrons. The Morgan fingerprint density at radius 2 is 1.41 bits per heavy atom. The van der Waals surface area contributed by atoms with Crippen molar-refractivity contribution in [3.05, 3.63) is 35.9 Å². The van der Waals surface area contributed by atoms with Gasteiger partial charge in [-0.3, -0.25) is 0 Å². The Balaban J connectivity index is 2.10. The van der Waals surface area contributed by atoms with Crippen molar-refractivity contribution in [3.8, 4) is 5.75 Å². The van der Waals surface area contributed by atoms with Gasteiger partial charge >= 0.3 is 0 Å². The highest BCUT2D eigenvalue weighted by atomic mass is 16.3. The maximum absolute atomic E-state index is 9.93. The average Bonchev–Trinajstić information content (AvgIpc) is 2.54. The first-order chi connectivity index (χ1) is 10.8. The molecule has 1 aromatic carbocycles. The van der Waals surface area contributed by atoms with E-state index < -0.39 is 0 Å². The number of rotatable bonds is 12. The van der Waals surface area contributed by atoms with Crippen LogP contribution in [-0.2, 0) is 0 Å². The molecule has 1 aromatic rings. The van der Waals surface area contributed by atoms with Gasteiger partial charge in [-0.1, -0.05) is 89.0 Å². The number of hydrogen-bond donors (Lipinski definition) is 1. The smallest absolute Gasteiger partial charge is 0.123 e. The molecule has 0 atom stereocenters. The normalized spacial score (nSPS) is 11.8. The number of phenolic OH excluding ortho intramolecular Hbond substituents is 1. The van der Waals surface area contributed by atoms with E-state index in [1.54, 1.807) is 6.07 Å². The third-order valence-electron chi connectivity index (χ3n) is 4.40. The van der Waals surface area contributed by atoms with Crippen LogP contribution in [0.15, 0.2) is 30.3 Å². The average molecular weight is 303 g/mol. The summed E-state index contributed by atoms with van der Waals surface area (Å²) < 4.78 is 0. The van der Waals surface area contributed by atoms with Crippen molar-refractivity contribution < 1.29 is 5.11 Å². The van der Waals surface area contributed by atoms with E-state index in [0.29, 0.717) is 5.75 Å². The zero-order valence-electron chi connectivity index (χ0n) is 14.6. The van der Waals surface area contributed by atoms with Crippen LogP contribution in [0.3, 0.4) is 0 Å². The van der Waals surface area contributed by atoms with Crippen LogP contribution in [0.1, 0.15) is 90.0 Å². The molecule has 1 heteroatoms. The zero-order valence-corrected chi connectivity index (χ0v) is 14.6. The van der Waals surface area contributed by atoms with Crippen molar-refractivity contribution in [3.63, 3.8) is 0 Å². The van der Waals surface area contributed by atoms with Gasteiger partial charge < -0.3 is 5.11 Å². The minimum Gasteiger partial charge on any atom is -0.507 e. The Kier molecular flexibility index (Phi) is 10.5. The van der Waals surface area contributed by atoms with Gasteiger partial charge in [0.25, 0.3) is 0 Å². The summed E-state index contributed by atoms with van der Waals surface area (Å²) in [4.78, 5) is 0. The molecule has 0 heterocycles. The minimum absolute atomic E-state index is 0.405. The molecule has 0 unspecified atom stereocenters. The Morgan fingerprint density at radius 1 is 0.864 bits per heavy atom. The molecule has 1 rings (SSSR count). The van der Waals surface area contributed by atoms with Gasteiger partial charge in [0.05, 0.1) is 0 Å². The van der Waals surface area contributed by atoms with Gasteiger partial charge in [-0.05, 0) is 31.4 Å². The summed E-state index contributed by atoms with van der Waals surface area (Å²) in [6.45, 7) is 4.34. The van der Waals surface area contributed by atoms with E-state index in [9.17, 15) is 5.11 Å². The molecule has 0 aliphatic heterocycles. The summed E-state index contributed by atoms with van der Waals surface area (Å²) in [6, 6.07) is 7.67. The van der Waals surface area contributed by atoms with Gasteiger partial charge in [0, 0.05) is 5.56 Å². The van der Waals surface area contributed by atoms with E-state index in [4.69, 9.17) is 0 Å². The molecule has 0 aliphatic carbocycles. The maximum atomic E-state index is 9.93. The van der Waals surface area contributed by atoms with E-state index in [1.807, 2.05) is 18.2 Å². The maximum Gasteiger partial charge on any atom is 0.123 e. The van der Waals surface area contributed by atoms with Crippen molar-refractivity contribution in [2.75, 3.05) is 0 Å². The standard InChI is InChI=1S/C21H34O/c1-3-5-6-7-8-9-10-11-12-13-16-19(4-2)20-17-14-15-18-21(20)22/h4,14-15,17-18,22H,3,5-13,16H2,1-2H3. The molecule has 1 N–H and O–H groups in total.